The number of benzene rings is 3. The van der Waals surface area contributed by atoms with Gasteiger partial charge in [-0.25, -0.2) is 8.78 Å². The second-order valence-corrected chi connectivity index (χ2v) is 9.19. The molecule has 0 saturated carbocycles. The Balaban J connectivity index is 1.65. The van der Waals surface area contributed by atoms with E-state index >= 15 is 0 Å². The van der Waals surface area contributed by atoms with Gasteiger partial charge in [-0.1, -0.05) is 30.4 Å². The number of anilines is 2. The first kappa shape index (κ1) is 21.4. The van der Waals surface area contributed by atoms with Gasteiger partial charge in [-0.05, 0) is 61.0 Å². The summed E-state index contributed by atoms with van der Waals surface area (Å²) in [6.07, 6.45) is 3.51. The molecule has 0 bridgehead atoms. The summed E-state index contributed by atoms with van der Waals surface area (Å²) in [6.45, 7) is 1.39. The van der Waals surface area contributed by atoms with Crippen LogP contribution >= 0.6 is 0 Å². The molecule has 3 aromatic rings. The van der Waals surface area contributed by atoms with Crippen LogP contribution in [0.25, 0.3) is 6.08 Å². The van der Waals surface area contributed by atoms with Crippen LogP contribution in [0.5, 0.6) is 0 Å². The van der Waals surface area contributed by atoms with Crippen molar-refractivity contribution in [2.75, 3.05) is 10.2 Å². The number of nitrogens with one attached hydrogen (secondary N) is 1. The Morgan fingerprint density at radius 1 is 0.971 bits per heavy atom. The molecule has 1 spiro atoms. The number of carbonyl (C=O) groups excluding carboxylic acids is 3. The first-order valence-corrected chi connectivity index (χ1v) is 11.3. The average molecular weight is 470 g/mol. The van der Waals surface area contributed by atoms with Crippen molar-refractivity contribution >= 4 is 34.9 Å². The van der Waals surface area contributed by atoms with Crippen molar-refractivity contribution in [3.05, 3.63) is 101 Å². The molecule has 3 aliphatic rings. The van der Waals surface area contributed by atoms with Gasteiger partial charge in [0.05, 0.1) is 18.0 Å². The van der Waals surface area contributed by atoms with E-state index in [0.29, 0.717) is 22.5 Å². The number of halogens is 2. The number of fused-ring (bicyclic) bond motifs is 6. The van der Waals surface area contributed by atoms with E-state index in [0.717, 1.165) is 0 Å². The Kier molecular flexibility index (Phi) is 4.55. The number of Topliss-reactive ketones (excluding diaryl/α,β-unsaturated/α-hetero) is 2. The van der Waals surface area contributed by atoms with E-state index in [9.17, 15) is 23.2 Å². The minimum atomic E-state index is -1.42. The number of ketones is 2. The SMILES string of the molecule is CC(=O)[C@@H]1[C@H](C(=O)c2ccc(F)cc2)[C@]2(C(=O)Nc3ccccc32)[C@H]2C=Cc3cc(F)ccc3N12. The summed E-state index contributed by atoms with van der Waals surface area (Å²) in [6, 6.07) is 14.8. The van der Waals surface area contributed by atoms with Gasteiger partial charge >= 0.3 is 0 Å². The fourth-order valence-corrected chi connectivity index (χ4v) is 6.10. The zero-order valence-corrected chi connectivity index (χ0v) is 18.7. The van der Waals surface area contributed by atoms with E-state index in [4.69, 9.17) is 0 Å². The molecule has 0 aliphatic carbocycles. The molecule has 3 aliphatic heterocycles. The first-order chi connectivity index (χ1) is 16.8. The van der Waals surface area contributed by atoms with Gasteiger partial charge in [0.1, 0.15) is 17.0 Å². The lowest BCUT2D eigenvalue weighted by Gasteiger charge is -2.37. The molecule has 4 atom stereocenters. The fourth-order valence-electron chi connectivity index (χ4n) is 6.10. The Morgan fingerprint density at radius 3 is 2.43 bits per heavy atom. The summed E-state index contributed by atoms with van der Waals surface area (Å²) in [4.78, 5) is 43.1. The van der Waals surface area contributed by atoms with E-state index in [2.05, 4.69) is 5.32 Å². The van der Waals surface area contributed by atoms with Gasteiger partial charge in [-0.2, -0.15) is 0 Å². The topological polar surface area (TPSA) is 66.5 Å². The maximum absolute atomic E-state index is 14.1. The van der Waals surface area contributed by atoms with Crippen molar-refractivity contribution in [3.63, 3.8) is 0 Å². The van der Waals surface area contributed by atoms with Crippen molar-refractivity contribution in [2.45, 2.75) is 24.4 Å². The highest BCUT2D eigenvalue weighted by Crippen LogP contribution is 2.57. The van der Waals surface area contributed by atoms with Crippen LogP contribution in [0.2, 0.25) is 0 Å². The quantitative estimate of drug-likeness (QED) is 0.572. The van der Waals surface area contributed by atoms with E-state index in [1.165, 1.54) is 43.3 Å². The van der Waals surface area contributed by atoms with Gasteiger partial charge in [0.2, 0.25) is 5.91 Å². The molecule has 1 fully saturated rings. The smallest absolute Gasteiger partial charge is 0.238 e. The van der Waals surface area contributed by atoms with Crippen LogP contribution in [0, 0.1) is 17.6 Å². The maximum Gasteiger partial charge on any atom is 0.238 e. The zero-order valence-electron chi connectivity index (χ0n) is 18.7. The van der Waals surface area contributed by atoms with Crippen molar-refractivity contribution < 1.29 is 23.2 Å². The van der Waals surface area contributed by atoms with Crippen LogP contribution < -0.4 is 10.2 Å². The number of carbonyl (C=O) groups is 3. The zero-order chi connectivity index (χ0) is 24.5. The average Bonchev–Trinajstić information content (AvgIpc) is 3.32. The van der Waals surface area contributed by atoms with Gasteiger partial charge in [0.25, 0.3) is 0 Å². The minimum Gasteiger partial charge on any atom is -0.352 e. The molecule has 6 rings (SSSR count). The number of hydrogen-bond acceptors (Lipinski definition) is 4. The van der Waals surface area contributed by atoms with Crippen molar-refractivity contribution in [2.24, 2.45) is 5.92 Å². The van der Waals surface area contributed by atoms with Crippen LogP contribution in [-0.4, -0.2) is 29.6 Å². The maximum atomic E-state index is 14.1. The van der Waals surface area contributed by atoms with Crippen LogP contribution in [0.1, 0.15) is 28.4 Å². The van der Waals surface area contributed by atoms with Gasteiger partial charge in [-0.3, -0.25) is 14.4 Å². The van der Waals surface area contributed by atoms with E-state index < -0.39 is 40.8 Å². The number of para-hydroxylation sites is 1. The minimum absolute atomic E-state index is 0.211. The summed E-state index contributed by atoms with van der Waals surface area (Å²) in [5, 5.41) is 2.92. The fraction of sp³-hybridized carbons (Fsp3) is 0.179. The van der Waals surface area contributed by atoms with Gasteiger partial charge in [-0.15, -0.1) is 0 Å². The lowest BCUT2D eigenvalue weighted by Crippen LogP contribution is -2.51. The van der Waals surface area contributed by atoms with Gasteiger partial charge < -0.3 is 10.2 Å². The van der Waals surface area contributed by atoms with Crippen molar-refractivity contribution in [1.82, 2.24) is 0 Å². The molecule has 5 nitrogen and oxygen atoms in total. The molecule has 1 amide bonds. The molecule has 3 aromatic carbocycles. The van der Waals surface area contributed by atoms with Crippen LogP contribution in [-0.2, 0) is 15.0 Å². The molecule has 35 heavy (non-hydrogen) atoms. The molecule has 1 saturated heterocycles. The third-order valence-electron chi connectivity index (χ3n) is 7.42. The standard InChI is InChI=1S/C28H20F2N2O3/c1-15(33)25-24(26(34)16-6-9-18(29)10-7-16)28(20-4-2-3-5-21(20)31-27(28)35)23-13-8-17-14-19(30)11-12-22(17)32(23)25/h2-14,23-25H,1H3,(H,31,35)/t23-,24-,25-,28-/m1/s1. The van der Waals surface area contributed by atoms with Gasteiger partial charge in [0.15, 0.2) is 11.6 Å². The predicted octanol–water partition coefficient (Wildman–Crippen LogP) is 4.53. The third-order valence-corrected chi connectivity index (χ3v) is 7.42. The molecule has 1 N–H and O–H groups in total. The highest BCUT2D eigenvalue weighted by Gasteiger charge is 2.69. The molecular weight excluding hydrogens is 450 g/mol. The second-order valence-electron chi connectivity index (χ2n) is 9.19. The Labute approximate surface area is 200 Å². The van der Waals surface area contributed by atoms with Crippen molar-refractivity contribution in [1.29, 1.82) is 0 Å². The summed E-state index contributed by atoms with van der Waals surface area (Å²) >= 11 is 0. The summed E-state index contributed by atoms with van der Waals surface area (Å²) < 4.78 is 27.7. The van der Waals surface area contributed by atoms with E-state index in [1.807, 2.05) is 0 Å². The summed E-state index contributed by atoms with van der Waals surface area (Å²) in [7, 11) is 0. The molecular formula is C28H20F2N2O3. The van der Waals surface area contributed by atoms with E-state index in [-0.39, 0.29) is 17.3 Å². The van der Waals surface area contributed by atoms with Crippen LogP contribution in [0.3, 0.4) is 0 Å². The lowest BCUT2D eigenvalue weighted by molar-refractivity contribution is -0.122. The summed E-state index contributed by atoms with van der Waals surface area (Å²) in [5.41, 5.74) is 1.13. The molecule has 0 radical (unpaired) electrons. The Hall–Kier alpha value is -4.13. The molecule has 3 heterocycles. The normalized spacial score (nSPS) is 25.7. The second kappa shape index (κ2) is 7.43. The Bertz CT molecular complexity index is 1450. The number of amides is 1. The largest absolute Gasteiger partial charge is 0.352 e. The molecule has 0 aromatic heterocycles. The lowest BCUT2D eigenvalue weighted by atomic mass is 9.64. The van der Waals surface area contributed by atoms with Crippen LogP contribution in [0.4, 0.5) is 20.2 Å². The molecule has 0 unspecified atom stereocenters. The predicted molar refractivity (Wildman–Crippen MR) is 127 cm³/mol. The highest BCUT2D eigenvalue weighted by molar-refractivity contribution is 6.16. The number of nitrogens with zero attached hydrogens (tertiary/aromatic N) is 1. The monoisotopic (exact) mass is 470 g/mol. The number of rotatable bonds is 3. The number of hydrogen-bond donors (Lipinski definition) is 1. The van der Waals surface area contributed by atoms with Crippen LogP contribution in [0.15, 0.2) is 72.8 Å². The summed E-state index contributed by atoms with van der Waals surface area (Å²) in [5.74, 6) is -3.12. The highest BCUT2D eigenvalue weighted by atomic mass is 19.1. The van der Waals surface area contributed by atoms with E-state index in [1.54, 1.807) is 47.4 Å². The third kappa shape index (κ3) is 2.81. The van der Waals surface area contributed by atoms with Crippen molar-refractivity contribution in [3.8, 4) is 0 Å². The molecule has 7 heteroatoms. The van der Waals surface area contributed by atoms with Gasteiger partial charge in [0, 0.05) is 22.5 Å². The Morgan fingerprint density at radius 2 is 1.69 bits per heavy atom. The molecule has 174 valence electrons. The first-order valence-electron chi connectivity index (χ1n) is 11.3.